The fourth-order valence-corrected chi connectivity index (χ4v) is 3.95. The Morgan fingerprint density at radius 1 is 0.926 bits per heavy atom. The van der Waals surface area contributed by atoms with Gasteiger partial charge in [0.1, 0.15) is 0 Å². The molecule has 27 heavy (non-hydrogen) atoms. The zero-order valence-corrected chi connectivity index (χ0v) is 16.7. The summed E-state index contributed by atoms with van der Waals surface area (Å²) in [5.74, 6) is -0.581. The number of benzene rings is 2. The average Bonchev–Trinajstić information content (AvgIpc) is 2.63. The van der Waals surface area contributed by atoms with Gasteiger partial charge in [0.15, 0.2) is 9.84 Å². The Bertz CT molecular complexity index is 997. The summed E-state index contributed by atoms with van der Waals surface area (Å²) >= 11 is 0. The van der Waals surface area contributed by atoms with Crippen LogP contribution >= 0.6 is 0 Å². The van der Waals surface area contributed by atoms with E-state index in [0.717, 1.165) is 5.56 Å². The van der Waals surface area contributed by atoms with E-state index in [-0.39, 0.29) is 28.5 Å². The lowest BCUT2D eigenvalue weighted by molar-refractivity contribution is 0.0956. The summed E-state index contributed by atoms with van der Waals surface area (Å²) in [6, 6.07) is 12.3. The van der Waals surface area contributed by atoms with E-state index >= 15 is 0 Å². The number of amides is 1. The first-order valence-electron chi connectivity index (χ1n) is 8.31. The molecule has 0 saturated carbocycles. The number of rotatable bonds is 8. The standard InChI is InChI=1S/C18H22N2O5S2/c1-3-26(22,23)13-12-19-18(21)15-6-10-17(11-7-15)27(24,25)20-16-8-4-14(2)5-9-16/h4-11,20H,3,12-13H2,1-2H3,(H,19,21). The lowest BCUT2D eigenvalue weighted by atomic mass is 10.2. The van der Waals surface area contributed by atoms with Crippen molar-refractivity contribution in [1.82, 2.24) is 5.32 Å². The number of nitrogens with one attached hydrogen (secondary N) is 2. The van der Waals surface area contributed by atoms with Crippen LogP contribution in [0.4, 0.5) is 5.69 Å². The Hall–Kier alpha value is -2.39. The zero-order valence-electron chi connectivity index (χ0n) is 15.1. The van der Waals surface area contributed by atoms with Gasteiger partial charge in [-0.25, -0.2) is 16.8 Å². The van der Waals surface area contributed by atoms with Crippen LogP contribution in [0.5, 0.6) is 0 Å². The normalized spacial score (nSPS) is 11.8. The number of carbonyl (C=O) groups excluding carboxylic acids is 1. The number of sulfonamides is 1. The molecule has 9 heteroatoms. The Morgan fingerprint density at radius 2 is 1.52 bits per heavy atom. The molecular weight excluding hydrogens is 388 g/mol. The molecule has 2 N–H and O–H groups in total. The molecule has 1 amide bonds. The molecule has 0 spiro atoms. The number of hydrogen-bond donors (Lipinski definition) is 2. The van der Waals surface area contributed by atoms with E-state index < -0.39 is 25.8 Å². The second-order valence-electron chi connectivity index (χ2n) is 5.99. The molecule has 0 aliphatic heterocycles. The van der Waals surface area contributed by atoms with Crippen LogP contribution in [0.1, 0.15) is 22.8 Å². The van der Waals surface area contributed by atoms with E-state index in [1.165, 1.54) is 24.3 Å². The molecule has 0 atom stereocenters. The van der Waals surface area contributed by atoms with Crippen molar-refractivity contribution in [2.75, 3.05) is 22.8 Å². The van der Waals surface area contributed by atoms with Gasteiger partial charge in [-0.1, -0.05) is 24.6 Å². The molecule has 2 aromatic carbocycles. The van der Waals surface area contributed by atoms with Gasteiger partial charge in [0, 0.05) is 23.5 Å². The highest BCUT2D eigenvalue weighted by Gasteiger charge is 2.15. The summed E-state index contributed by atoms with van der Waals surface area (Å²) in [4.78, 5) is 12.1. The first kappa shape index (κ1) is 20.9. The van der Waals surface area contributed by atoms with Crippen LogP contribution in [0, 0.1) is 6.92 Å². The molecule has 2 rings (SSSR count). The Morgan fingerprint density at radius 3 is 2.07 bits per heavy atom. The summed E-state index contributed by atoms with van der Waals surface area (Å²) in [6.45, 7) is 3.45. The highest BCUT2D eigenvalue weighted by Crippen LogP contribution is 2.17. The maximum atomic E-state index is 12.4. The predicted octanol–water partition coefficient (Wildman–Crippen LogP) is 1.96. The van der Waals surface area contributed by atoms with Crippen molar-refractivity contribution in [2.45, 2.75) is 18.7 Å². The molecule has 0 aliphatic rings. The number of aryl methyl sites for hydroxylation is 1. The number of anilines is 1. The largest absolute Gasteiger partial charge is 0.351 e. The molecule has 0 aromatic heterocycles. The average molecular weight is 411 g/mol. The second-order valence-corrected chi connectivity index (χ2v) is 10.1. The fourth-order valence-electron chi connectivity index (χ4n) is 2.19. The van der Waals surface area contributed by atoms with E-state index in [1.54, 1.807) is 31.2 Å². The summed E-state index contributed by atoms with van der Waals surface area (Å²) in [5.41, 5.74) is 1.71. The van der Waals surface area contributed by atoms with E-state index in [0.29, 0.717) is 5.69 Å². The van der Waals surface area contributed by atoms with E-state index in [2.05, 4.69) is 10.0 Å². The van der Waals surface area contributed by atoms with E-state index in [1.807, 2.05) is 6.92 Å². The smallest absolute Gasteiger partial charge is 0.261 e. The molecule has 0 fully saturated rings. The number of carbonyl (C=O) groups is 1. The molecule has 0 bridgehead atoms. The summed E-state index contributed by atoms with van der Waals surface area (Å²) in [7, 11) is -6.93. The van der Waals surface area contributed by atoms with Gasteiger partial charge >= 0.3 is 0 Å². The number of sulfone groups is 1. The van der Waals surface area contributed by atoms with Crippen LogP contribution in [0.3, 0.4) is 0 Å². The molecular formula is C18H22N2O5S2. The third-order valence-corrected chi connectivity index (χ3v) is 6.97. The van der Waals surface area contributed by atoms with E-state index in [4.69, 9.17) is 0 Å². The van der Waals surface area contributed by atoms with Gasteiger partial charge in [-0.05, 0) is 43.3 Å². The minimum Gasteiger partial charge on any atom is -0.351 e. The van der Waals surface area contributed by atoms with Crippen molar-refractivity contribution >= 4 is 31.5 Å². The quantitative estimate of drug-likeness (QED) is 0.691. The third kappa shape index (κ3) is 6.07. The Kier molecular flexibility index (Phi) is 6.61. The molecule has 0 heterocycles. The minimum absolute atomic E-state index is 0.00400. The van der Waals surface area contributed by atoms with Crippen molar-refractivity contribution in [3.05, 3.63) is 59.7 Å². The highest BCUT2D eigenvalue weighted by molar-refractivity contribution is 7.92. The van der Waals surface area contributed by atoms with Crippen LogP contribution in [-0.4, -0.2) is 40.8 Å². The predicted molar refractivity (Wildman–Crippen MR) is 105 cm³/mol. The second kappa shape index (κ2) is 8.53. The summed E-state index contributed by atoms with van der Waals surface area (Å²) in [5, 5.41) is 2.51. The van der Waals surface area contributed by atoms with Crippen molar-refractivity contribution in [3.63, 3.8) is 0 Å². The van der Waals surface area contributed by atoms with Crippen LogP contribution in [0.15, 0.2) is 53.4 Å². The zero-order chi connectivity index (χ0) is 20.1. The highest BCUT2D eigenvalue weighted by atomic mass is 32.2. The van der Waals surface area contributed by atoms with Crippen molar-refractivity contribution in [2.24, 2.45) is 0 Å². The third-order valence-electron chi connectivity index (χ3n) is 3.87. The Labute approximate surface area is 159 Å². The summed E-state index contributed by atoms with van der Waals surface area (Å²) < 4.78 is 50.1. The Balaban J connectivity index is 2.03. The van der Waals surface area contributed by atoms with Gasteiger partial charge < -0.3 is 5.32 Å². The molecule has 2 aromatic rings. The van der Waals surface area contributed by atoms with E-state index in [9.17, 15) is 21.6 Å². The lowest BCUT2D eigenvalue weighted by Crippen LogP contribution is -2.29. The molecule has 0 radical (unpaired) electrons. The van der Waals surface area contributed by atoms with Crippen LogP contribution < -0.4 is 10.0 Å². The first-order chi connectivity index (χ1) is 12.6. The molecule has 0 unspecified atom stereocenters. The maximum absolute atomic E-state index is 12.4. The van der Waals surface area contributed by atoms with Crippen LogP contribution in [0.25, 0.3) is 0 Å². The van der Waals surface area contributed by atoms with Crippen LogP contribution in [-0.2, 0) is 19.9 Å². The van der Waals surface area contributed by atoms with Gasteiger partial charge in [0.25, 0.3) is 15.9 Å². The molecule has 0 aliphatic carbocycles. The fraction of sp³-hybridized carbons (Fsp3) is 0.278. The monoisotopic (exact) mass is 410 g/mol. The van der Waals surface area contributed by atoms with Crippen molar-refractivity contribution in [1.29, 1.82) is 0 Å². The number of hydrogen-bond acceptors (Lipinski definition) is 5. The van der Waals surface area contributed by atoms with Gasteiger partial charge in [-0.3, -0.25) is 9.52 Å². The summed E-state index contributed by atoms with van der Waals surface area (Å²) in [6.07, 6.45) is 0. The van der Waals surface area contributed by atoms with Gasteiger partial charge in [0.2, 0.25) is 0 Å². The van der Waals surface area contributed by atoms with Gasteiger partial charge in [0.05, 0.1) is 10.6 Å². The molecule has 146 valence electrons. The van der Waals surface area contributed by atoms with Gasteiger partial charge in [-0.2, -0.15) is 0 Å². The van der Waals surface area contributed by atoms with Crippen molar-refractivity contribution in [3.8, 4) is 0 Å². The SMILES string of the molecule is CCS(=O)(=O)CCNC(=O)c1ccc(S(=O)(=O)Nc2ccc(C)cc2)cc1. The first-order valence-corrected chi connectivity index (χ1v) is 11.6. The lowest BCUT2D eigenvalue weighted by Gasteiger charge is -2.09. The van der Waals surface area contributed by atoms with Crippen LogP contribution in [0.2, 0.25) is 0 Å². The molecule has 7 nitrogen and oxygen atoms in total. The van der Waals surface area contributed by atoms with Crippen molar-refractivity contribution < 1.29 is 21.6 Å². The molecule has 0 saturated heterocycles. The maximum Gasteiger partial charge on any atom is 0.261 e. The van der Waals surface area contributed by atoms with Gasteiger partial charge in [-0.15, -0.1) is 0 Å². The topological polar surface area (TPSA) is 109 Å². The minimum atomic E-state index is -3.77.